The van der Waals surface area contributed by atoms with E-state index in [2.05, 4.69) is 24.9 Å². The molecule has 0 spiro atoms. The molecular weight excluding hydrogens is 146 g/mol. The van der Waals surface area contributed by atoms with Gasteiger partial charge in [0, 0.05) is 6.08 Å². The Labute approximate surface area is 72.0 Å². The summed E-state index contributed by atoms with van der Waals surface area (Å²) in [5.74, 6) is 0. The highest BCUT2D eigenvalue weighted by molar-refractivity contribution is 5.74. The summed E-state index contributed by atoms with van der Waals surface area (Å²) in [6, 6.07) is 10.3. The Morgan fingerprint density at radius 2 is 1.83 bits per heavy atom. The first-order valence-electron chi connectivity index (χ1n) is 3.90. The quantitative estimate of drug-likeness (QED) is 0.549. The zero-order valence-corrected chi connectivity index (χ0v) is 6.77. The van der Waals surface area contributed by atoms with E-state index in [1.807, 2.05) is 35.2 Å². The van der Waals surface area contributed by atoms with Crippen molar-refractivity contribution < 1.29 is 4.58 Å². The van der Waals surface area contributed by atoms with E-state index in [9.17, 15) is 0 Å². The summed E-state index contributed by atoms with van der Waals surface area (Å²) >= 11 is 0. The van der Waals surface area contributed by atoms with E-state index in [1.165, 1.54) is 11.1 Å². The van der Waals surface area contributed by atoms with E-state index in [1.54, 1.807) is 0 Å². The van der Waals surface area contributed by atoms with Crippen molar-refractivity contribution in [1.82, 2.24) is 0 Å². The van der Waals surface area contributed by atoms with Crippen LogP contribution in [0.4, 0.5) is 0 Å². The fourth-order valence-electron chi connectivity index (χ4n) is 1.24. The highest BCUT2D eigenvalue weighted by Crippen LogP contribution is 2.18. The zero-order valence-electron chi connectivity index (χ0n) is 6.77. The van der Waals surface area contributed by atoms with E-state index >= 15 is 0 Å². The minimum Gasteiger partial charge on any atom is -0.180 e. The molecule has 0 bridgehead atoms. The number of rotatable bonds is 1. The summed E-state index contributed by atoms with van der Waals surface area (Å²) in [5.41, 5.74) is 2.45. The maximum atomic E-state index is 3.78. The van der Waals surface area contributed by atoms with Gasteiger partial charge in [0.15, 0.2) is 12.4 Å². The summed E-state index contributed by atoms with van der Waals surface area (Å²) < 4.78 is 1.81. The third-order valence-corrected chi connectivity index (χ3v) is 1.86. The van der Waals surface area contributed by atoms with Gasteiger partial charge < -0.3 is 0 Å². The molecule has 0 amide bonds. The summed E-state index contributed by atoms with van der Waals surface area (Å²) in [6.45, 7) is 3.78. The van der Waals surface area contributed by atoms with Gasteiger partial charge in [-0.25, -0.2) is 0 Å². The summed E-state index contributed by atoms with van der Waals surface area (Å²) in [4.78, 5) is 0. The molecule has 0 fully saturated rings. The third kappa shape index (κ3) is 1.21. The number of benzene rings is 1. The van der Waals surface area contributed by atoms with Crippen LogP contribution in [-0.4, -0.2) is 11.3 Å². The maximum absolute atomic E-state index is 3.78. The van der Waals surface area contributed by atoms with Crippen LogP contribution >= 0.6 is 0 Å². The molecule has 0 saturated heterocycles. The molecule has 0 N–H and O–H groups in total. The first-order valence-corrected chi connectivity index (χ1v) is 3.90. The molecule has 0 aromatic heterocycles. The highest BCUT2D eigenvalue weighted by Gasteiger charge is 2.07. The van der Waals surface area contributed by atoms with Crippen LogP contribution in [0.5, 0.6) is 0 Å². The second-order valence-corrected chi connectivity index (χ2v) is 2.78. The van der Waals surface area contributed by atoms with Crippen LogP contribution in [0, 0.1) is 0 Å². The van der Waals surface area contributed by atoms with E-state index < -0.39 is 0 Å². The molecule has 1 aliphatic rings. The fraction of sp³-hybridized carbons (Fsp3) is 0. The zero-order chi connectivity index (χ0) is 8.39. The van der Waals surface area contributed by atoms with Gasteiger partial charge in [0.2, 0.25) is 0 Å². The number of nitrogens with zero attached hydrogens (tertiary/aromatic N) is 1. The van der Waals surface area contributed by atoms with Crippen LogP contribution in [0.25, 0.3) is 5.57 Å². The molecule has 0 saturated carbocycles. The van der Waals surface area contributed by atoms with Crippen molar-refractivity contribution in [2.45, 2.75) is 0 Å². The first-order chi connectivity index (χ1) is 5.86. The Hall–Kier alpha value is -1.63. The monoisotopic (exact) mass is 156 g/mol. The summed E-state index contributed by atoms with van der Waals surface area (Å²) in [6.07, 6.45) is 6.01. The second kappa shape index (κ2) is 2.78. The lowest BCUT2D eigenvalue weighted by Gasteiger charge is -1.93. The van der Waals surface area contributed by atoms with Crippen molar-refractivity contribution >= 4 is 12.3 Å². The largest absolute Gasteiger partial charge is 0.181 e. The minimum absolute atomic E-state index is 1.21. The molecule has 0 unspecified atom stereocenters. The molecule has 0 radical (unpaired) electrons. The van der Waals surface area contributed by atoms with Crippen LogP contribution in [0.3, 0.4) is 0 Å². The molecule has 2 rings (SSSR count). The molecular formula is C11H10N+. The van der Waals surface area contributed by atoms with Crippen LogP contribution in [0.2, 0.25) is 0 Å². The van der Waals surface area contributed by atoms with Gasteiger partial charge in [0.1, 0.15) is 6.72 Å². The van der Waals surface area contributed by atoms with E-state index in [0.717, 1.165) is 0 Å². The Morgan fingerprint density at radius 1 is 1.08 bits per heavy atom. The smallest absolute Gasteiger partial charge is 0.180 e. The lowest BCUT2D eigenvalue weighted by molar-refractivity contribution is -0.362. The van der Waals surface area contributed by atoms with Gasteiger partial charge in [0.05, 0.1) is 5.57 Å². The van der Waals surface area contributed by atoms with Crippen molar-refractivity contribution in [3.63, 3.8) is 0 Å². The third-order valence-electron chi connectivity index (χ3n) is 1.86. The molecule has 0 atom stereocenters. The van der Waals surface area contributed by atoms with Gasteiger partial charge in [-0.3, -0.25) is 0 Å². The number of allylic oxidation sites excluding steroid dienone is 2. The predicted molar refractivity (Wildman–Crippen MR) is 50.9 cm³/mol. The average molecular weight is 156 g/mol. The Balaban J connectivity index is 2.40. The fourth-order valence-corrected chi connectivity index (χ4v) is 1.24. The molecule has 1 aliphatic heterocycles. The number of hydrogen-bond acceptors (Lipinski definition) is 0. The highest BCUT2D eigenvalue weighted by atomic mass is 14.9. The summed E-state index contributed by atoms with van der Waals surface area (Å²) in [5, 5.41) is 0. The normalized spacial score (nSPS) is 15.0. The average Bonchev–Trinajstić information content (AvgIpc) is 2.54. The second-order valence-electron chi connectivity index (χ2n) is 2.78. The molecule has 1 nitrogen and oxygen atoms in total. The van der Waals surface area contributed by atoms with Crippen molar-refractivity contribution in [3.05, 3.63) is 54.4 Å². The molecule has 1 heterocycles. The lowest BCUT2D eigenvalue weighted by atomic mass is 10.1. The van der Waals surface area contributed by atoms with E-state index in [-0.39, 0.29) is 0 Å². The Kier molecular flexibility index (Phi) is 1.63. The molecule has 1 heteroatoms. The SMILES string of the molecule is C=[N+]1C=CC(c2ccccc2)=C1. The van der Waals surface area contributed by atoms with E-state index in [4.69, 9.17) is 0 Å². The van der Waals surface area contributed by atoms with Crippen LogP contribution in [0.1, 0.15) is 5.56 Å². The van der Waals surface area contributed by atoms with Gasteiger partial charge in [0.25, 0.3) is 0 Å². The minimum atomic E-state index is 1.21. The Bertz CT molecular complexity index is 358. The van der Waals surface area contributed by atoms with Gasteiger partial charge in [-0.05, 0) is 5.56 Å². The summed E-state index contributed by atoms with van der Waals surface area (Å²) in [7, 11) is 0. The molecule has 58 valence electrons. The molecule has 12 heavy (non-hydrogen) atoms. The first kappa shape index (κ1) is 7.04. The topological polar surface area (TPSA) is 3.01 Å². The van der Waals surface area contributed by atoms with Crippen LogP contribution < -0.4 is 0 Å². The van der Waals surface area contributed by atoms with Crippen LogP contribution in [-0.2, 0) is 0 Å². The molecule has 1 aromatic carbocycles. The van der Waals surface area contributed by atoms with Crippen molar-refractivity contribution in [2.24, 2.45) is 0 Å². The Morgan fingerprint density at radius 3 is 2.42 bits per heavy atom. The standard InChI is InChI=1S/C11H10N/c1-12-8-7-11(9-12)10-5-3-2-4-6-10/h2-9H,1H2/q+1. The van der Waals surface area contributed by atoms with Gasteiger partial charge in [-0.15, -0.1) is 0 Å². The van der Waals surface area contributed by atoms with Gasteiger partial charge in [-0.2, -0.15) is 4.58 Å². The molecule has 0 aliphatic carbocycles. The van der Waals surface area contributed by atoms with Crippen LogP contribution in [0.15, 0.2) is 48.8 Å². The lowest BCUT2D eigenvalue weighted by Crippen LogP contribution is -1.82. The van der Waals surface area contributed by atoms with Gasteiger partial charge in [-0.1, -0.05) is 30.3 Å². The maximum Gasteiger partial charge on any atom is 0.181 e. The molecule has 1 aromatic rings. The number of hydrogen-bond donors (Lipinski definition) is 0. The van der Waals surface area contributed by atoms with Gasteiger partial charge >= 0.3 is 0 Å². The van der Waals surface area contributed by atoms with E-state index in [0.29, 0.717) is 0 Å². The predicted octanol–water partition coefficient (Wildman–Crippen LogP) is 2.27. The van der Waals surface area contributed by atoms with Crippen molar-refractivity contribution in [2.75, 3.05) is 0 Å². The van der Waals surface area contributed by atoms with Crippen molar-refractivity contribution in [3.8, 4) is 0 Å². The van der Waals surface area contributed by atoms with Crippen molar-refractivity contribution in [1.29, 1.82) is 0 Å².